The third-order valence-corrected chi connectivity index (χ3v) is 1.58. The smallest absolute Gasteiger partial charge is 0.115 e. The molecule has 0 atom stereocenters. The highest BCUT2D eigenvalue weighted by Crippen LogP contribution is 2.15. The first kappa shape index (κ1) is 10.1. The molecule has 0 saturated carbocycles. The normalized spacial score (nSPS) is 11.6. The Morgan fingerprint density at radius 3 is 2.54 bits per heavy atom. The molecule has 0 amide bonds. The summed E-state index contributed by atoms with van der Waals surface area (Å²) in [4.78, 5) is 0. The van der Waals surface area contributed by atoms with E-state index in [1.54, 1.807) is 12.1 Å². The Morgan fingerprint density at radius 1 is 1.31 bits per heavy atom. The average Bonchev–Trinajstić information content (AvgIpc) is 2.00. The minimum Gasteiger partial charge on any atom is -0.508 e. The van der Waals surface area contributed by atoms with Gasteiger partial charge >= 0.3 is 0 Å². The van der Waals surface area contributed by atoms with Crippen LogP contribution in [0.25, 0.3) is 0 Å². The van der Waals surface area contributed by atoms with Gasteiger partial charge in [0, 0.05) is 0 Å². The molecule has 13 heavy (non-hydrogen) atoms. The van der Waals surface area contributed by atoms with E-state index in [1.807, 2.05) is 32.9 Å². The lowest BCUT2D eigenvalue weighted by atomic mass is 10.2. The van der Waals surface area contributed by atoms with Gasteiger partial charge in [0.25, 0.3) is 0 Å². The standard InChI is InChI=1S/C11H16O2/c1-11(2,3)13-8-9-5-4-6-10(12)7-9/h4-7,12H,8H2,1-3H3. The van der Waals surface area contributed by atoms with E-state index < -0.39 is 0 Å². The van der Waals surface area contributed by atoms with Crippen LogP contribution >= 0.6 is 0 Å². The zero-order valence-electron chi connectivity index (χ0n) is 8.37. The fraction of sp³-hybridized carbons (Fsp3) is 0.455. The van der Waals surface area contributed by atoms with Crippen molar-refractivity contribution in [1.29, 1.82) is 0 Å². The molecule has 1 aromatic carbocycles. The molecule has 0 radical (unpaired) electrons. The highest BCUT2D eigenvalue weighted by Gasteiger charge is 2.09. The lowest BCUT2D eigenvalue weighted by molar-refractivity contribution is -0.0150. The topological polar surface area (TPSA) is 29.5 Å². The van der Waals surface area contributed by atoms with Gasteiger partial charge in [0.2, 0.25) is 0 Å². The van der Waals surface area contributed by atoms with E-state index in [4.69, 9.17) is 4.74 Å². The van der Waals surface area contributed by atoms with Crippen molar-refractivity contribution in [2.24, 2.45) is 0 Å². The van der Waals surface area contributed by atoms with Crippen molar-refractivity contribution in [2.45, 2.75) is 33.0 Å². The Bertz CT molecular complexity index is 274. The van der Waals surface area contributed by atoms with Gasteiger partial charge in [-0.05, 0) is 38.5 Å². The van der Waals surface area contributed by atoms with Crippen LogP contribution in [0.2, 0.25) is 0 Å². The van der Waals surface area contributed by atoms with Gasteiger partial charge in [-0.2, -0.15) is 0 Å². The molecular weight excluding hydrogens is 164 g/mol. The van der Waals surface area contributed by atoms with Crippen LogP contribution in [0.1, 0.15) is 26.3 Å². The van der Waals surface area contributed by atoms with Crippen molar-refractivity contribution in [3.8, 4) is 5.75 Å². The summed E-state index contributed by atoms with van der Waals surface area (Å²) in [5.74, 6) is 0.287. The maximum Gasteiger partial charge on any atom is 0.115 e. The number of phenols is 1. The summed E-state index contributed by atoms with van der Waals surface area (Å²) in [6, 6.07) is 7.12. The van der Waals surface area contributed by atoms with Gasteiger partial charge in [0.1, 0.15) is 5.75 Å². The second-order valence-electron chi connectivity index (χ2n) is 4.07. The average molecular weight is 180 g/mol. The summed E-state index contributed by atoms with van der Waals surface area (Å²) in [6.07, 6.45) is 0. The van der Waals surface area contributed by atoms with Gasteiger partial charge in [-0.15, -0.1) is 0 Å². The molecule has 2 heteroatoms. The molecule has 0 fully saturated rings. The number of phenolic OH excluding ortho intramolecular Hbond substituents is 1. The zero-order valence-corrected chi connectivity index (χ0v) is 8.37. The summed E-state index contributed by atoms with van der Waals surface area (Å²) >= 11 is 0. The van der Waals surface area contributed by atoms with Crippen LogP contribution in [0.5, 0.6) is 5.75 Å². The minimum atomic E-state index is -0.133. The summed E-state index contributed by atoms with van der Waals surface area (Å²) in [7, 11) is 0. The van der Waals surface area contributed by atoms with Crippen LogP contribution in [-0.2, 0) is 11.3 Å². The van der Waals surface area contributed by atoms with E-state index in [1.165, 1.54) is 0 Å². The van der Waals surface area contributed by atoms with Crippen molar-refractivity contribution in [1.82, 2.24) is 0 Å². The predicted molar refractivity (Wildman–Crippen MR) is 52.6 cm³/mol. The zero-order chi connectivity index (χ0) is 9.90. The Balaban J connectivity index is 2.55. The van der Waals surface area contributed by atoms with Gasteiger partial charge in [0.15, 0.2) is 0 Å². The Kier molecular flexibility index (Phi) is 2.94. The van der Waals surface area contributed by atoms with Crippen LogP contribution < -0.4 is 0 Å². The molecule has 0 bridgehead atoms. The van der Waals surface area contributed by atoms with E-state index in [-0.39, 0.29) is 11.4 Å². The Hall–Kier alpha value is -1.02. The Morgan fingerprint density at radius 2 is 2.00 bits per heavy atom. The van der Waals surface area contributed by atoms with Crippen molar-refractivity contribution in [3.63, 3.8) is 0 Å². The second-order valence-corrected chi connectivity index (χ2v) is 4.07. The third-order valence-electron chi connectivity index (χ3n) is 1.58. The van der Waals surface area contributed by atoms with E-state index >= 15 is 0 Å². The predicted octanol–water partition coefficient (Wildman–Crippen LogP) is 2.71. The first-order valence-electron chi connectivity index (χ1n) is 4.39. The summed E-state index contributed by atoms with van der Waals surface area (Å²) in [6.45, 7) is 6.57. The molecule has 0 heterocycles. The molecule has 0 aliphatic rings. The summed E-state index contributed by atoms with van der Waals surface area (Å²) in [5.41, 5.74) is 0.862. The lowest BCUT2D eigenvalue weighted by Gasteiger charge is -2.19. The maximum absolute atomic E-state index is 9.19. The molecule has 2 nitrogen and oxygen atoms in total. The molecule has 0 saturated heterocycles. The van der Waals surface area contributed by atoms with Gasteiger partial charge < -0.3 is 9.84 Å². The quantitative estimate of drug-likeness (QED) is 0.758. The number of ether oxygens (including phenoxy) is 1. The number of hydrogen-bond donors (Lipinski definition) is 1. The van der Waals surface area contributed by atoms with Crippen LogP contribution in [-0.4, -0.2) is 10.7 Å². The van der Waals surface area contributed by atoms with Crippen molar-refractivity contribution >= 4 is 0 Å². The first-order valence-corrected chi connectivity index (χ1v) is 4.39. The maximum atomic E-state index is 9.19. The minimum absolute atomic E-state index is 0.133. The number of rotatable bonds is 2. The van der Waals surface area contributed by atoms with E-state index in [0.717, 1.165) is 5.56 Å². The fourth-order valence-corrected chi connectivity index (χ4v) is 0.946. The monoisotopic (exact) mass is 180 g/mol. The summed E-state index contributed by atoms with van der Waals surface area (Å²) in [5, 5.41) is 9.19. The molecule has 72 valence electrons. The van der Waals surface area contributed by atoms with Crippen LogP contribution in [0.3, 0.4) is 0 Å². The van der Waals surface area contributed by atoms with Crippen molar-refractivity contribution < 1.29 is 9.84 Å². The number of aromatic hydroxyl groups is 1. The van der Waals surface area contributed by atoms with Crippen molar-refractivity contribution in [2.75, 3.05) is 0 Å². The molecular formula is C11H16O2. The molecule has 0 aromatic heterocycles. The van der Waals surface area contributed by atoms with Crippen LogP contribution in [0.4, 0.5) is 0 Å². The van der Waals surface area contributed by atoms with Crippen LogP contribution in [0.15, 0.2) is 24.3 Å². The first-order chi connectivity index (χ1) is 5.97. The third kappa shape index (κ3) is 3.95. The SMILES string of the molecule is CC(C)(C)OCc1cccc(O)c1. The van der Waals surface area contributed by atoms with E-state index in [2.05, 4.69) is 0 Å². The van der Waals surface area contributed by atoms with Gasteiger partial charge in [-0.1, -0.05) is 12.1 Å². The lowest BCUT2D eigenvalue weighted by Crippen LogP contribution is -2.18. The molecule has 1 aromatic rings. The molecule has 0 aliphatic heterocycles. The molecule has 1 N–H and O–H groups in total. The molecule has 0 aliphatic carbocycles. The molecule has 0 spiro atoms. The van der Waals surface area contributed by atoms with E-state index in [9.17, 15) is 5.11 Å². The van der Waals surface area contributed by atoms with Gasteiger partial charge in [0.05, 0.1) is 12.2 Å². The van der Waals surface area contributed by atoms with Gasteiger partial charge in [-0.3, -0.25) is 0 Å². The number of benzene rings is 1. The van der Waals surface area contributed by atoms with Crippen molar-refractivity contribution in [3.05, 3.63) is 29.8 Å². The summed E-state index contributed by atoms with van der Waals surface area (Å²) < 4.78 is 5.56. The fourth-order valence-electron chi connectivity index (χ4n) is 0.946. The largest absolute Gasteiger partial charge is 0.508 e. The highest BCUT2D eigenvalue weighted by molar-refractivity contribution is 5.26. The Labute approximate surface area is 79.2 Å². The van der Waals surface area contributed by atoms with Gasteiger partial charge in [-0.25, -0.2) is 0 Å². The molecule has 1 rings (SSSR count). The van der Waals surface area contributed by atoms with Crippen LogP contribution in [0, 0.1) is 0 Å². The second kappa shape index (κ2) is 3.79. The van der Waals surface area contributed by atoms with E-state index in [0.29, 0.717) is 6.61 Å². The molecule has 0 unspecified atom stereocenters. The highest BCUT2D eigenvalue weighted by atomic mass is 16.5. The number of hydrogen-bond acceptors (Lipinski definition) is 2.